The van der Waals surface area contributed by atoms with Crippen LogP contribution in [0, 0.1) is 11.3 Å². The summed E-state index contributed by atoms with van der Waals surface area (Å²) in [5.74, 6) is -1.04. The summed E-state index contributed by atoms with van der Waals surface area (Å²) >= 11 is 4.31. The third-order valence-electron chi connectivity index (χ3n) is 3.23. The van der Waals surface area contributed by atoms with E-state index in [0.29, 0.717) is 21.9 Å². The van der Waals surface area contributed by atoms with Crippen LogP contribution in [0.4, 0.5) is 0 Å². The first-order valence-corrected chi connectivity index (χ1v) is 7.03. The third kappa shape index (κ3) is 3.05. The highest BCUT2D eigenvalue weighted by molar-refractivity contribution is 7.84. The van der Waals surface area contributed by atoms with Gasteiger partial charge in [-0.15, -0.1) is 12.6 Å². The van der Waals surface area contributed by atoms with Gasteiger partial charge in [0.1, 0.15) is 6.61 Å². The Labute approximate surface area is 134 Å². The summed E-state index contributed by atoms with van der Waals surface area (Å²) in [6.07, 6.45) is 4.75. The van der Waals surface area contributed by atoms with Gasteiger partial charge in [0, 0.05) is 18.1 Å². The van der Waals surface area contributed by atoms with Crippen LogP contribution in [0.3, 0.4) is 0 Å². The maximum Gasteiger partial charge on any atom is 0.337 e. The quantitative estimate of drug-likeness (QED) is 0.507. The molecule has 0 aromatic carbocycles. The van der Waals surface area contributed by atoms with Crippen molar-refractivity contribution in [3.8, 4) is 6.07 Å². The van der Waals surface area contributed by atoms with E-state index in [2.05, 4.69) is 35.6 Å². The van der Waals surface area contributed by atoms with E-state index in [9.17, 15) is 10.1 Å². The van der Waals surface area contributed by atoms with Gasteiger partial charge in [-0.1, -0.05) is 18.7 Å². The van der Waals surface area contributed by atoms with E-state index in [0.717, 1.165) is 5.56 Å². The minimum atomic E-state index is -0.551. The van der Waals surface area contributed by atoms with E-state index in [1.165, 1.54) is 6.08 Å². The molecule has 2 heterocycles. The molecule has 1 unspecified atom stereocenters. The summed E-state index contributed by atoms with van der Waals surface area (Å²) < 4.78 is 5.15. The molecular weight excluding hydrogens is 298 g/mol. The van der Waals surface area contributed by atoms with E-state index in [4.69, 9.17) is 4.74 Å². The lowest BCUT2D eigenvalue weighted by atomic mass is 9.83. The molecule has 0 aliphatic carbocycles. The van der Waals surface area contributed by atoms with Gasteiger partial charge in [0.25, 0.3) is 0 Å². The number of rotatable bonds is 4. The molecule has 0 saturated carbocycles. The van der Waals surface area contributed by atoms with Crippen LogP contribution < -0.4 is 5.32 Å². The smallest absolute Gasteiger partial charge is 0.337 e. The molecule has 0 bridgehead atoms. The molecule has 2 rings (SSSR count). The average Bonchev–Trinajstić information content (AvgIpc) is 2.52. The second kappa shape index (κ2) is 6.96. The van der Waals surface area contributed by atoms with Crippen LogP contribution in [0.5, 0.6) is 0 Å². The number of ether oxygens (including phenoxy) is 1. The number of allylic oxidation sites excluding steroid dienone is 2. The summed E-state index contributed by atoms with van der Waals surface area (Å²) in [6.45, 7) is 5.38. The molecule has 1 atom stereocenters. The summed E-state index contributed by atoms with van der Waals surface area (Å²) in [5, 5.41) is 12.8. The normalized spacial score (nSPS) is 17.6. The monoisotopic (exact) mass is 313 g/mol. The van der Waals surface area contributed by atoms with Gasteiger partial charge in [0.15, 0.2) is 0 Å². The highest BCUT2D eigenvalue weighted by Gasteiger charge is 2.34. The molecule has 0 fully saturated rings. The van der Waals surface area contributed by atoms with Crippen LogP contribution in [0.25, 0.3) is 0 Å². The molecule has 1 aliphatic heterocycles. The number of nitrogens with zero attached hydrogens (tertiary/aromatic N) is 2. The van der Waals surface area contributed by atoms with Gasteiger partial charge < -0.3 is 10.1 Å². The minimum Gasteiger partial charge on any atom is -0.458 e. The molecule has 6 heteroatoms. The zero-order valence-corrected chi connectivity index (χ0v) is 12.9. The maximum absolute atomic E-state index is 12.4. The molecule has 1 aromatic heterocycles. The molecular formula is C16H15N3O2S. The van der Waals surface area contributed by atoms with E-state index >= 15 is 0 Å². The zero-order chi connectivity index (χ0) is 16.1. The van der Waals surface area contributed by atoms with Crippen LogP contribution in [-0.2, 0) is 9.53 Å². The SMILES string of the molecule is C=CCOC(=O)C1=C(C)NC(S)=C(C#N)C1c1cccnc1. The van der Waals surface area contributed by atoms with Crippen LogP contribution in [0.1, 0.15) is 18.4 Å². The highest BCUT2D eigenvalue weighted by Crippen LogP contribution is 2.38. The Balaban J connectivity index is 2.53. The topological polar surface area (TPSA) is 75.0 Å². The van der Waals surface area contributed by atoms with Crippen LogP contribution in [0.15, 0.2) is 59.1 Å². The van der Waals surface area contributed by atoms with Gasteiger partial charge in [-0.25, -0.2) is 4.79 Å². The predicted molar refractivity (Wildman–Crippen MR) is 85.6 cm³/mol. The van der Waals surface area contributed by atoms with Crippen LogP contribution in [0.2, 0.25) is 0 Å². The Morgan fingerprint density at radius 2 is 2.45 bits per heavy atom. The van der Waals surface area contributed by atoms with Crippen molar-refractivity contribution in [2.45, 2.75) is 12.8 Å². The van der Waals surface area contributed by atoms with Crippen molar-refractivity contribution in [2.75, 3.05) is 6.61 Å². The van der Waals surface area contributed by atoms with E-state index in [-0.39, 0.29) is 6.61 Å². The standard InChI is InChI=1S/C16H15N3O2S/c1-3-7-21-16(20)13-10(2)19-15(22)12(8-17)14(13)11-5-4-6-18-9-11/h3-6,9,14,19,22H,1,7H2,2H3. The number of pyridine rings is 1. The van der Waals surface area contributed by atoms with E-state index < -0.39 is 11.9 Å². The number of carbonyl (C=O) groups is 1. The molecule has 1 aliphatic rings. The van der Waals surface area contributed by atoms with E-state index in [1.54, 1.807) is 25.4 Å². The van der Waals surface area contributed by atoms with Gasteiger partial charge in [-0.05, 0) is 18.6 Å². The Bertz CT molecular complexity index is 702. The first-order valence-electron chi connectivity index (χ1n) is 6.59. The summed E-state index contributed by atoms with van der Waals surface area (Å²) in [4.78, 5) is 16.4. The summed E-state index contributed by atoms with van der Waals surface area (Å²) in [6, 6.07) is 5.69. The number of dihydropyridines is 1. The molecule has 0 amide bonds. The predicted octanol–water partition coefficient (Wildman–Crippen LogP) is 2.44. The number of thiol groups is 1. The van der Waals surface area contributed by atoms with Crippen molar-refractivity contribution in [2.24, 2.45) is 0 Å². The van der Waals surface area contributed by atoms with Crippen molar-refractivity contribution in [1.29, 1.82) is 5.26 Å². The number of aromatic nitrogens is 1. The molecule has 22 heavy (non-hydrogen) atoms. The highest BCUT2D eigenvalue weighted by atomic mass is 32.1. The average molecular weight is 313 g/mol. The number of esters is 1. The Hall–Kier alpha value is -2.52. The second-order valence-corrected chi connectivity index (χ2v) is 5.09. The van der Waals surface area contributed by atoms with Gasteiger partial charge in [0.05, 0.1) is 28.2 Å². The van der Waals surface area contributed by atoms with Crippen LogP contribution in [-0.4, -0.2) is 17.6 Å². The number of carbonyl (C=O) groups excluding carboxylic acids is 1. The van der Waals surface area contributed by atoms with Crippen molar-refractivity contribution < 1.29 is 9.53 Å². The fourth-order valence-corrected chi connectivity index (χ4v) is 2.64. The Morgan fingerprint density at radius 1 is 1.68 bits per heavy atom. The van der Waals surface area contributed by atoms with Gasteiger partial charge in [0.2, 0.25) is 0 Å². The van der Waals surface area contributed by atoms with Gasteiger partial charge in [-0.2, -0.15) is 5.26 Å². The summed E-state index contributed by atoms with van der Waals surface area (Å²) in [7, 11) is 0. The Kier molecular flexibility index (Phi) is 5.02. The van der Waals surface area contributed by atoms with Crippen molar-refractivity contribution in [3.63, 3.8) is 0 Å². The molecule has 1 N–H and O–H groups in total. The minimum absolute atomic E-state index is 0.106. The third-order valence-corrected chi connectivity index (χ3v) is 3.59. The number of hydrogen-bond acceptors (Lipinski definition) is 6. The molecule has 112 valence electrons. The largest absolute Gasteiger partial charge is 0.458 e. The van der Waals surface area contributed by atoms with E-state index in [1.807, 2.05) is 6.07 Å². The molecule has 0 radical (unpaired) electrons. The van der Waals surface area contributed by atoms with Crippen LogP contribution >= 0.6 is 12.6 Å². The first kappa shape index (κ1) is 15.9. The summed E-state index contributed by atoms with van der Waals surface area (Å²) in [5.41, 5.74) is 2.07. The molecule has 0 saturated heterocycles. The second-order valence-electron chi connectivity index (χ2n) is 4.64. The molecule has 1 aromatic rings. The molecule has 0 spiro atoms. The lowest BCUT2D eigenvalue weighted by Crippen LogP contribution is -2.28. The maximum atomic E-state index is 12.4. The lowest BCUT2D eigenvalue weighted by Gasteiger charge is -2.27. The Morgan fingerprint density at radius 3 is 3.05 bits per heavy atom. The number of nitrogens with one attached hydrogen (secondary N) is 1. The first-order chi connectivity index (χ1) is 10.6. The van der Waals surface area contributed by atoms with Crippen molar-refractivity contribution in [1.82, 2.24) is 10.3 Å². The van der Waals surface area contributed by atoms with Gasteiger partial charge >= 0.3 is 5.97 Å². The van der Waals surface area contributed by atoms with Crippen molar-refractivity contribution >= 4 is 18.6 Å². The fraction of sp³-hybridized carbons (Fsp3) is 0.188. The lowest BCUT2D eigenvalue weighted by molar-refractivity contribution is -0.138. The molecule has 5 nitrogen and oxygen atoms in total. The van der Waals surface area contributed by atoms with Crippen molar-refractivity contribution in [3.05, 3.63) is 64.6 Å². The number of hydrogen-bond donors (Lipinski definition) is 2. The zero-order valence-electron chi connectivity index (χ0n) is 12.0. The fourth-order valence-electron chi connectivity index (χ4n) is 2.29. The van der Waals surface area contributed by atoms with Gasteiger partial charge in [-0.3, -0.25) is 4.98 Å². The number of nitriles is 1.